The Hall–Kier alpha value is -2.55. The number of non-ortho nitro benzene ring substituents is 2. The van der Waals surface area contributed by atoms with E-state index in [0.29, 0.717) is 12.8 Å². The molecular formula is C12H12N4O5. The fourth-order valence-corrected chi connectivity index (χ4v) is 2.67. The predicted molar refractivity (Wildman–Crippen MR) is 71.7 cm³/mol. The van der Waals surface area contributed by atoms with Gasteiger partial charge in [0.05, 0.1) is 21.5 Å². The highest BCUT2D eigenvalue weighted by molar-refractivity contribution is 5.85. The maximum absolute atomic E-state index is 11.1. The third kappa shape index (κ3) is 2.11. The van der Waals surface area contributed by atoms with Gasteiger partial charge in [-0.1, -0.05) is 12.8 Å². The number of nitro groups is 2. The molecule has 1 heterocycles. The number of hydrogen-bond acceptors (Lipinski definition) is 7. The zero-order chi connectivity index (χ0) is 15.2. The van der Waals surface area contributed by atoms with Crippen LogP contribution in [0.2, 0.25) is 0 Å². The molecular weight excluding hydrogens is 280 g/mol. The van der Waals surface area contributed by atoms with Gasteiger partial charge in [-0.3, -0.25) is 20.2 Å². The molecule has 3 rings (SSSR count). The molecule has 0 radical (unpaired) electrons. The van der Waals surface area contributed by atoms with Gasteiger partial charge in [-0.25, -0.2) is 4.98 Å². The minimum absolute atomic E-state index is 0.0719. The van der Waals surface area contributed by atoms with E-state index < -0.39 is 26.8 Å². The third-order valence-electron chi connectivity index (χ3n) is 3.78. The van der Waals surface area contributed by atoms with Crippen molar-refractivity contribution in [3.63, 3.8) is 0 Å². The number of nitro benzene ring substituents is 2. The minimum atomic E-state index is -0.748. The summed E-state index contributed by atoms with van der Waals surface area (Å²) in [7, 11) is 0. The van der Waals surface area contributed by atoms with Gasteiger partial charge in [-0.05, 0) is 12.8 Å². The maximum Gasteiger partial charge on any atom is 0.320 e. The number of nitrogens with two attached hydrogens (primary N) is 1. The van der Waals surface area contributed by atoms with Crippen molar-refractivity contribution >= 4 is 22.5 Å². The average Bonchev–Trinajstić information content (AvgIpc) is 3.03. The van der Waals surface area contributed by atoms with Crippen LogP contribution >= 0.6 is 0 Å². The Labute approximate surface area is 118 Å². The third-order valence-corrected chi connectivity index (χ3v) is 3.78. The van der Waals surface area contributed by atoms with Crippen molar-refractivity contribution in [3.8, 4) is 0 Å². The van der Waals surface area contributed by atoms with E-state index in [9.17, 15) is 20.2 Å². The average molecular weight is 292 g/mol. The molecule has 0 spiro atoms. The van der Waals surface area contributed by atoms with Crippen LogP contribution in [-0.2, 0) is 5.54 Å². The van der Waals surface area contributed by atoms with Crippen LogP contribution in [-0.4, -0.2) is 14.8 Å². The summed E-state index contributed by atoms with van der Waals surface area (Å²) in [5.74, 6) is 0.207. The van der Waals surface area contributed by atoms with Crippen molar-refractivity contribution in [2.45, 2.75) is 31.2 Å². The van der Waals surface area contributed by atoms with Crippen LogP contribution < -0.4 is 5.73 Å². The molecule has 0 saturated heterocycles. The standard InChI is InChI=1S/C12H12N4O5/c13-12(3-1-2-4-12)11-14-8-5-7(15(17)18)6-9(16(19)20)10(8)21-11/h5-6H,1-4,13H2. The van der Waals surface area contributed by atoms with Gasteiger partial charge in [0.25, 0.3) is 5.69 Å². The summed E-state index contributed by atoms with van der Waals surface area (Å²) in [5, 5.41) is 21.9. The van der Waals surface area contributed by atoms with E-state index in [2.05, 4.69) is 4.98 Å². The van der Waals surface area contributed by atoms with Crippen LogP contribution in [0.3, 0.4) is 0 Å². The number of rotatable bonds is 3. The van der Waals surface area contributed by atoms with Crippen LogP contribution in [0.15, 0.2) is 16.5 Å². The normalized spacial score (nSPS) is 17.2. The molecule has 1 fully saturated rings. The quantitative estimate of drug-likeness (QED) is 0.676. The summed E-state index contributed by atoms with van der Waals surface area (Å²) < 4.78 is 5.48. The second-order valence-corrected chi connectivity index (χ2v) is 5.21. The number of hydrogen-bond donors (Lipinski definition) is 1. The first-order valence-corrected chi connectivity index (χ1v) is 6.43. The summed E-state index contributed by atoms with van der Waals surface area (Å²) in [4.78, 5) is 24.6. The summed E-state index contributed by atoms with van der Waals surface area (Å²) in [6.07, 6.45) is 3.21. The van der Waals surface area contributed by atoms with E-state index in [-0.39, 0.29) is 17.0 Å². The molecule has 0 unspecified atom stereocenters. The molecule has 1 saturated carbocycles. The lowest BCUT2D eigenvalue weighted by atomic mass is 10.00. The molecule has 21 heavy (non-hydrogen) atoms. The molecule has 0 amide bonds. The summed E-state index contributed by atoms with van der Waals surface area (Å²) in [5.41, 5.74) is 4.60. The van der Waals surface area contributed by atoms with Crippen LogP contribution in [0.1, 0.15) is 31.6 Å². The lowest BCUT2D eigenvalue weighted by Crippen LogP contribution is -2.33. The highest BCUT2D eigenvalue weighted by Gasteiger charge is 2.37. The Morgan fingerprint density at radius 1 is 1.19 bits per heavy atom. The molecule has 1 aliphatic carbocycles. The number of aromatic nitrogens is 1. The van der Waals surface area contributed by atoms with E-state index in [1.54, 1.807) is 0 Å². The lowest BCUT2D eigenvalue weighted by Gasteiger charge is -2.18. The van der Waals surface area contributed by atoms with E-state index in [1.165, 1.54) is 0 Å². The van der Waals surface area contributed by atoms with Gasteiger partial charge in [0, 0.05) is 6.07 Å². The second kappa shape index (κ2) is 4.48. The van der Waals surface area contributed by atoms with Gasteiger partial charge in [0.1, 0.15) is 5.52 Å². The topological polar surface area (TPSA) is 138 Å². The van der Waals surface area contributed by atoms with Gasteiger partial charge in [0.15, 0.2) is 0 Å². The second-order valence-electron chi connectivity index (χ2n) is 5.21. The van der Waals surface area contributed by atoms with Crippen LogP contribution in [0.4, 0.5) is 11.4 Å². The highest BCUT2D eigenvalue weighted by Crippen LogP contribution is 2.39. The fraction of sp³-hybridized carbons (Fsp3) is 0.417. The first-order valence-electron chi connectivity index (χ1n) is 6.43. The molecule has 2 aromatic rings. The fourth-order valence-electron chi connectivity index (χ4n) is 2.67. The Morgan fingerprint density at radius 2 is 1.86 bits per heavy atom. The molecule has 1 aliphatic rings. The lowest BCUT2D eigenvalue weighted by molar-refractivity contribution is -0.393. The van der Waals surface area contributed by atoms with Crippen molar-refractivity contribution in [2.24, 2.45) is 5.73 Å². The minimum Gasteiger partial charge on any atom is -0.431 e. The Balaban J connectivity index is 2.22. The van der Waals surface area contributed by atoms with Gasteiger partial charge >= 0.3 is 5.69 Å². The first-order chi connectivity index (χ1) is 9.90. The molecule has 9 heteroatoms. The predicted octanol–water partition coefficient (Wildman–Crippen LogP) is 2.37. The summed E-state index contributed by atoms with van der Waals surface area (Å²) in [6, 6.07) is 2.03. The van der Waals surface area contributed by atoms with Crippen molar-refractivity contribution in [1.29, 1.82) is 0 Å². The van der Waals surface area contributed by atoms with Gasteiger partial charge < -0.3 is 10.2 Å². The van der Waals surface area contributed by atoms with Crippen molar-refractivity contribution in [1.82, 2.24) is 4.98 Å². The molecule has 1 aromatic heterocycles. The summed E-state index contributed by atoms with van der Waals surface area (Å²) >= 11 is 0. The van der Waals surface area contributed by atoms with Gasteiger partial charge in [-0.15, -0.1) is 0 Å². The number of oxazole rings is 1. The number of benzene rings is 1. The van der Waals surface area contributed by atoms with Crippen molar-refractivity contribution < 1.29 is 14.3 Å². The molecule has 9 nitrogen and oxygen atoms in total. The molecule has 2 N–H and O–H groups in total. The van der Waals surface area contributed by atoms with E-state index in [4.69, 9.17) is 10.2 Å². The summed E-state index contributed by atoms with van der Waals surface area (Å²) in [6.45, 7) is 0. The highest BCUT2D eigenvalue weighted by atomic mass is 16.6. The van der Waals surface area contributed by atoms with Gasteiger partial charge in [0.2, 0.25) is 11.5 Å². The monoisotopic (exact) mass is 292 g/mol. The Kier molecular flexibility index (Phi) is 2.87. The first kappa shape index (κ1) is 13.4. The molecule has 0 atom stereocenters. The zero-order valence-electron chi connectivity index (χ0n) is 10.9. The maximum atomic E-state index is 11.1. The van der Waals surface area contributed by atoms with Gasteiger partial charge in [-0.2, -0.15) is 0 Å². The molecule has 1 aromatic carbocycles. The van der Waals surface area contributed by atoms with E-state index >= 15 is 0 Å². The van der Waals surface area contributed by atoms with Crippen molar-refractivity contribution in [3.05, 3.63) is 38.3 Å². The Morgan fingerprint density at radius 3 is 2.43 bits per heavy atom. The molecule has 110 valence electrons. The number of nitrogens with zero attached hydrogens (tertiary/aromatic N) is 3. The van der Waals surface area contributed by atoms with Crippen LogP contribution in [0.25, 0.3) is 11.1 Å². The van der Waals surface area contributed by atoms with E-state index in [1.807, 2.05) is 0 Å². The molecule has 0 aliphatic heterocycles. The molecule has 0 bridgehead atoms. The SMILES string of the molecule is NC1(c2nc3cc([N+](=O)[O-])cc([N+](=O)[O-])c3o2)CCCC1. The number of fused-ring (bicyclic) bond motifs is 1. The Bertz CT molecular complexity index is 747. The van der Waals surface area contributed by atoms with Crippen LogP contribution in [0, 0.1) is 20.2 Å². The van der Waals surface area contributed by atoms with Crippen molar-refractivity contribution in [2.75, 3.05) is 0 Å². The smallest absolute Gasteiger partial charge is 0.320 e. The van der Waals surface area contributed by atoms with E-state index in [0.717, 1.165) is 25.0 Å². The van der Waals surface area contributed by atoms with Crippen LogP contribution in [0.5, 0.6) is 0 Å². The zero-order valence-corrected chi connectivity index (χ0v) is 10.9. The largest absolute Gasteiger partial charge is 0.431 e.